The summed E-state index contributed by atoms with van der Waals surface area (Å²) in [4.78, 5) is 34.4. The predicted octanol–water partition coefficient (Wildman–Crippen LogP) is 15.3. The zero-order chi connectivity index (χ0) is 53.2. The number of aliphatic imine (C=N–C) groups is 4. The van der Waals surface area contributed by atoms with E-state index in [1.54, 1.807) is 0 Å². The highest BCUT2D eigenvalue weighted by Gasteiger charge is 2.53. The van der Waals surface area contributed by atoms with Crippen LogP contribution in [-0.4, -0.2) is 53.9 Å². The number of nitrogens with zero attached hydrogens (tertiary/aromatic N) is 8. The van der Waals surface area contributed by atoms with Gasteiger partial charge >= 0.3 is 8.88 Å². The topological polar surface area (TPSA) is 102 Å². The highest BCUT2D eigenvalue weighted by atomic mass is 28.4. The van der Waals surface area contributed by atoms with Gasteiger partial charge in [0.15, 0.2) is 23.3 Å². The maximum Gasteiger partial charge on any atom is 0.603 e. The van der Waals surface area contributed by atoms with Gasteiger partial charge in [-0.2, -0.15) is 0 Å². The Hall–Kier alpha value is -5.62. The van der Waals surface area contributed by atoms with Crippen molar-refractivity contribution >= 4 is 65.4 Å². The second kappa shape index (κ2) is 20.1. The Balaban J connectivity index is 1.41. The minimum absolute atomic E-state index is 0.116. The molecule has 394 valence electrons. The molecule has 0 amide bonds. The average molecular weight is 1020 g/mol. The lowest BCUT2D eigenvalue weighted by Crippen LogP contribution is -2.64. The van der Waals surface area contributed by atoms with Gasteiger partial charge in [0.1, 0.15) is 22.6 Å². The average Bonchev–Trinajstić information content (AvgIpc) is 4.08. The van der Waals surface area contributed by atoms with E-state index in [0.717, 1.165) is 82.3 Å². The number of hydrogen-bond donors (Lipinski definition) is 0. The summed E-state index contributed by atoms with van der Waals surface area (Å²) in [6, 6.07) is 27.1. The van der Waals surface area contributed by atoms with E-state index in [1.807, 2.05) is 0 Å². The van der Waals surface area contributed by atoms with Crippen molar-refractivity contribution in [3.05, 3.63) is 128 Å². The van der Waals surface area contributed by atoms with Gasteiger partial charge in [0.2, 0.25) is 0 Å². The van der Waals surface area contributed by atoms with E-state index in [9.17, 15) is 0 Å². The minimum atomic E-state index is -4.25. The van der Waals surface area contributed by atoms with Gasteiger partial charge < -0.3 is 8.85 Å². The normalized spacial score (nSPS) is 18.1. The first-order chi connectivity index (χ1) is 35.6. The third-order valence-corrected chi connectivity index (χ3v) is 18.9. The van der Waals surface area contributed by atoms with Gasteiger partial charge in [-0.15, -0.1) is 0 Å². The minimum Gasteiger partial charge on any atom is -0.361 e. The Bertz CT molecular complexity index is 3450. The first-order valence-corrected chi connectivity index (χ1v) is 30.1. The smallest absolute Gasteiger partial charge is 0.361 e. The van der Waals surface area contributed by atoms with E-state index >= 15 is 0 Å². The summed E-state index contributed by atoms with van der Waals surface area (Å²) in [6.07, 6.45) is 13.4. The fraction of sp³-hybridized carbons (Fsp3) is 0.500. The molecule has 75 heavy (non-hydrogen) atoms. The van der Waals surface area contributed by atoms with Crippen molar-refractivity contribution in [1.29, 1.82) is 0 Å². The quantitative estimate of drug-likeness (QED) is 0.0712. The molecule has 6 aromatic rings. The number of amidine groups is 4. The van der Waals surface area contributed by atoms with Crippen LogP contribution in [0.25, 0.3) is 21.5 Å². The van der Waals surface area contributed by atoms with E-state index in [2.05, 4.69) is 178 Å². The van der Waals surface area contributed by atoms with Crippen LogP contribution >= 0.6 is 0 Å². The molecule has 4 aromatic carbocycles. The number of unbranched alkanes of at least 4 members (excludes halogenated alkanes) is 10. The summed E-state index contributed by atoms with van der Waals surface area (Å²) in [6.45, 7) is 32.7. The monoisotopic (exact) mass is 1020 g/mol. The van der Waals surface area contributed by atoms with E-state index in [0.29, 0.717) is 59.2 Å². The lowest BCUT2D eigenvalue weighted by atomic mass is 9.85. The molecule has 0 saturated carbocycles. The van der Waals surface area contributed by atoms with Crippen LogP contribution in [0.3, 0.4) is 0 Å². The van der Waals surface area contributed by atoms with Crippen molar-refractivity contribution in [2.45, 2.75) is 196 Å². The molecule has 4 aliphatic heterocycles. The Kier molecular flexibility index (Phi) is 14.1. The van der Waals surface area contributed by atoms with Crippen LogP contribution < -0.4 is 11.0 Å². The Morgan fingerprint density at radius 1 is 0.360 bits per heavy atom. The van der Waals surface area contributed by atoms with Crippen molar-refractivity contribution in [3.63, 3.8) is 0 Å². The summed E-state index contributed by atoms with van der Waals surface area (Å²) >= 11 is 0. The first kappa shape index (κ1) is 52.8. The van der Waals surface area contributed by atoms with E-state index in [1.165, 1.54) is 60.8 Å². The molecule has 11 heteroatoms. The molecule has 0 atom stereocenters. The van der Waals surface area contributed by atoms with Crippen LogP contribution in [-0.2, 0) is 30.5 Å². The second-order valence-electron chi connectivity index (χ2n) is 25.8. The fourth-order valence-electron chi connectivity index (χ4n) is 11.0. The largest absolute Gasteiger partial charge is 0.603 e. The van der Waals surface area contributed by atoms with Crippen LogP contribution in [0.1, 0.15) is 218 Å². The van der Waals surface area contributed by atoms with Crippen LogP contribution in [0.15, 0.2) is 103 Å². The molecule has 0 spiro atoms. The van der Waals surface area contributed by atoms with Gasteiger partial charge in [0.05, 0.1) is 0 Å². The predicted molar refractivity (Wildman–Crippen MR) is 315 cm³/mol. The van der Waals surface area contributed by atoms with Gasteiger partial charge in [0.25, 0.3) is 0 Å². The molecule has 6 heterocycles. The molecule has 0 N–H and O–H groups in total. The Morgan fingerprint density at radius 2 is 0.733 bits per heavy atom. The van der Waals surface area contributed by atoms with Crippen molar-refractivity contribution in [2.75, 3.05) is 13.2 Å². The molecule has 0 saturated heterocycles. The molecule has 0 unspecified atom stereocenters. The maximum absolute atomic E-state index is 7.98. The molecular formula is C64H82N8O2Si. The molecule has 10 nitrogen and oxygen atoms in total. The lowest BCUT2D eigenvalue weighted by Gasteiger charge is -2.33. The number of fused-ring (bicyclic) bond motifs is 14. The summed E-state index contributed by atoms with van der Waals surface area (Å²) < 4.78 is 20.6. The van der Waals surface area contributed by atoms with E-state index in [4.69, 9.17) is 38.8 Å². The van der Waals surface area contributed by atoms with Crippen LogP contribution in [0.4, 0.5) is 11.6 Å². The van der Waals surface area contributed by atoms with Crippen molar-refractivity contribution in [3.8, 4) is 0 Å². The summed E-state index contributed by atoms with van der Waals surface area (Å²) in [7, 11) is -4.25. The number of hydrogen-bond acceptors (Lipinski definition) is 8. The highest BCUT2D eigenvalue weighted by molar-refractivity contribution is 6.66. The first-order valence-electron chi connectivity index (χ1n) is 28.4. The maximum atomic E-state index is 7.98. The molecule has 10 rings (SSSR count). The van der Waals surface area contributed by atoms with Gasteiger partial charge in [0, 0.05) is 57.0 Å². The summed E-state index contributed by atoms with van der Waals surface area (Å²) in [5, 5.41) is 3.82. The van der Waals surface area contributed by atoms with Gasteiger partial charge in [-0.25, -0.2) is 30.0 Å². The Morgan fingerprint density at radius 3 is 1.23 bits per heavy atom. The third kappa shape index (κ3) is 9.91. The van der Waals surface area contributed by atoms with E-state index < -0.39 is 8.88 Å². The molecule has 2 aromatic heterocycles. The summed E-state index contributed by atoms with van der Waals surface area (Å²) in [5.74, 6) is 3.85. The van der Waals surface area contributed by atoms with E-state index in [-0.39, 0.29) is 21.7 Å². The molecule has 0 aliphatic carbocycles. The van der Waals surface area contributed by atoms with Crippen LogP contribution in [0, 0.1) is 0 Å². The molecule has 6 bridgehead atoms. The van der Waals surface area contributed by atoms with Gasteiger partial charge in [-0.05, 0) is 81.0 Å². The third-order valence-electron chi connectivity index (χ3n) is 15.7. The number of aromatic nitrogens is 2. The van der Waals surface area contributed by atoms with Crippen LogP contribution in [0.5, 0.6) is 0 Å². The Labute approximate surface area is 447 Å². The molecule has 0 radical (unpaired) electrons. The SMILES string of the molecule is CCCCCCCCO[Si]1(OCCCCCCCC)n2c3c4cc(C(C)(C)C)ccc4c2/N=C2N=C(/N=c4/c5cc(C(C)(C)C)ccc5/c(n41)=N/C1=NC(=N\3)/c3ccc(C(C)(C)C)cc31)c1ccc(C(C)(C)C)cc1\2. The fourth-order valence-corrected chi connectivity index (χ4v) is 14.4. The summed E-state index contributed by atoms with van der Waals surface area (Å²) in [5.41, 5.74) is 9.43. The van der Waals surface area contributed by atoms with Crippen molar-refractivity contribution < 1.29 is 8.85 Å². The second-order valence-corrected chi connectivity index (χ2v) is 28.3. The zero-order valence-corrected chi connectivity index (χ0v) is 48.7. The molecule has 0 fully saturated rings. The van der Waals surface area contributed by atoms with Crippen molar-refractivity contribution in [1.82, 2.24) is 8.47 Å². The van der Waals surface area contributed by atoms with Gasteiger partial charge in [-0.3, -0.25) is 8.47 Å². The number of rotatable bonds is 16. The standard InChI is InChI=1S/C64H82N8O2Si/c1-15-17-19-21-23-25-35-73-75(74-36-26-24-22-20-18-16-2)71-57-47-33-29-43(63(9,10)11)39-51(47)60(71)68-54-46-32-28-42(62(6,7)8)38-50(46)56(66-54)70-58-48-34-30-44(64(12,13)14)40-52(48)59(72(58)75)67-53-45-31-27-41(61(3,4)5)37-49(45)55(65-53)69-57/h27-34,37-40H,15-26,35-36H2,1-14H3/b67-53-,67-59?,68-54?,68-60-,69-55?,69-57-,70-56-,70-58?. The zero-order valence-electron chi connectivity index (χ0n) is 47.7. The molecular weight excluding hydrogens is 941 g/mol. The lowest BCUT2D eigenvalue weighted by molar-refractivity contribution is 0.142. The van der Waals surface area contributed by atoms with Crippen molar-refractivity contribution in [2.24, 2.45) is 30.0 Å². The van der Waals surface area contributed by atoms with Crippen LogP contribution in [0.2, 0.25) is 0 Å². The highest BCUT2D eigenvalue weighted by Crippen LogP contribution is 2.46. The van der Waals surface area contributed by atoms with Gasteiger partial charge in [-0.1, -0.05) is 210 Å². The number of benzene rings is 4. The molecule has 4 aliphatic rings.